The molecule has 0 spiro atoms. The summed E-state index contributed by atoms with van der Waals surface area (Å²) in [5.74, 6) is -0.769. The first-order valence-corrected chi connectivity index (χ1v) is 6.48. The second-order valence-corrected chi connectivity index (χ2v) is 4.93. The molecule has 0 fully saturated rings. The monoisotopic (exact) mass is 327 g/mol. The average molecular weight is 328 g/mol. The molecule has 0 bridgehead atoms. The SMILES string of the molecule is OC(CNc1cc(F)ccc1Br)c1cccc(F)c1. The van der Waals surface area contributed by atoms with Gasteiger partial charge in [0, 0.05) is 11.0 Å². The second-order valence-electron chi connectivity index (χ2n) is 4.08. The van der Waals surface area contributed by atoms with Gasteiger partial charge in [-0.25, -0.2) is 8.78 Å². The van der Waals surface area contributed by atoms with Gasteiger partial charge < -0.3 is 10.4 Å². The molecule has 5 heteroatoms. The van der Waals surface area contributed by atoms with Gasteiger partial charge in [0.15, 0.2) is 0 Å². The highest BCUT2D eigenvalue weighted by Gasteiger charge is 2.09. The fourth-order valence-corrected chi connectivity index (χ4v) is 2.06. The third-order valence-electron chi connectivity index (χ3n) is 2.65. The minimum absolute atomic E-state index is 0.158. The van der Waals surface area contributed by atoms with Gasteiger partial charge in [-0.1, -0.05) is 12.1 Å². The molecule has 0 amide bonds. The molecule has 0 aromatic heterocycles. The predicted molar refractivity (Wildman–Crippen MR) is 73.9 cm³/mol. The quantitative estimate of drug-likeness (QED) is 0.893. The van der Waals surface area contributed by atoms with Gasteiger partial charge in [0.1, 0.15) is 11.6 Å². The number of hydrogen-bond donors (Lipinski definition) is 2. The zero-order valence-corrected chi connectivity index (χ0v) is 11.5. The summed E-state index contributed by atoms with van der Waals surface area (Å²) in [6.07, 6.45) is -0.870. The molecular formula is C14H12BrF2NO. The van der Waals surface area contributed by atoms with Crippen molar-refractivity contribution in [1.82, 2.24) is 0 Å². The van der Waals surface area contributed by atoms with E-state index in [1.807, 2.05) is 0 Å². The van der Waals surface area contributed by atoms with Gasteiger partial charge in [0.25, 0.3) is 0 Å². The van der Waals surface area contributed by atoms with E-state index in [-0.39, 0.29) is 12.4 Å². The Bertz CT molecular complexity index is 577. The van der Waals surface area contributed by atoms with Crippen LogP contribution in [-0.2, 0) is 0 Å². The maximum Gasteiger partial charge on any atom is 0.125 e. The van der Waals surface area contributed by atoms with Crippen molar-refractivity contribution >= 4 is 21.6 Å². The van der Waals surface area contributed by atoms with Crippen LogP contribution in [0, 0.1) is 11.6 Å². The molecule has 100 valence electrons. The summed E-state index contributed by atoms with van der Waals surface area (Å²) in [5, 5.41) is 12.8. The molecular weight excluding hydrogens is 316 g/mol. The molecule has 2 rings (SSSR count). The largest absolute Gasteiger partial charge is 0.387 e. The van der Waals surface area contributed by atoms with Crippen LogP contribution >= 0.6 is 15.9 Å². The van der Waals surface area contributed by atoms with Crippen LogP contribution in [0.5, 0.6) is 0 Å². The molecule has 1 atom stereocenters. The highest BCUT2D eigenvalue weighted by molar-refractivity contribution is 9.10. The molecule has 0 aliphatic carbocycles. The molecule has 2 nitrogen and oxygen atoms in total. The lowest BCUT2D eigenvalue weighted by Gasteiger charge is -2.14. The van der Waals surface area contributed by atoms with Crippen LogP contribution in [0.25, 0.3) is 0 Å². The van der Waals surface area contributed by atoms with Gasteiger partial charge in [0.05, 0.1) is 11.8 Å². The molecule has 2 N–H and O–H groups in total. The van der Waals surface area contributed by atoms with Gasteiger partial charge in [-0.15, -0.1) is 0 Å². The lowest BCUT2D eigenvalue weighted by Crippen LogP contribution is -2.12. The lowest BCUT2D eigenvalue weighted by molar-refractivity contribution is 0.191. The van der Waals surface area contributed by atoms with Crippen LogP contribution in [0.3, 0.4) is 0 Å². The van der Waals surface area contributed by atoms with Gasteiger partial charge in [-0.3, -0.25) is 0 Å². The van der Waals surface area contributed by atoms with Crippen molar-refractivity contribution in [2.45, 2.75) is 6.10 Å². The number of halogens is 3. The molecule has 0 saturated heterocycles. The minimum Gasteiger partial charge on any atom is -0.387 e. The molecule has 1 unspecified atom stereocenters. The number of benzene rings is 2. The summed E-state index contributed by atoms with van der Waals surface area (Å²) in [4.78, 5) is 0. The van der Waals surface area contributed by atoms with Gasteiger partial charge in [-0.05, 0) is 51.8 Å². The number of nitrogens with one attached hydrogen (secondary N) is 1. The van der Waals surface area contributed by atoms with Crippen LogP contribution in [0.1, 0.15) is 11.7 Å². The molecule has 0 aliphatic rings. The van der Waals surface area contributed by atoms with E-state index in [0.717, 1.165) is 0 Å². The molecule has 0 saturated carbocycles. The first kappa shape index (κ1) is 14.0. The van der Waals surface area contributed by atoms with Gasteiger partial charge in [0.2, 0.25) is 0 Å². The van der Waals surface area contributed by atoms with Crippen molar-refractivity contribution in [1.29, 1.82) is 0 Å². The van der Waals surface area contributed by atoms with Crippen molar-refractivity contribution in [3.05, 3.63) is 64.1 Å². The predicted octanol–water partition coefficient (Wildman–Crippen LogP) is 3.87. The lowest BCUT2D eigenvalue weighted by atomic mass is 10.1. The summed E-state index contributed by atoms with van der Waals surface area (Å²) >= 11 is 3.28. The normalized spacial score (nSPS) is 12.2. The highest BCUT2D eigenvalue weighted by atomic mass is 79.9. The van der Waals surface area contributed by atoms with Crippen LogP contribution < -0.4 is 5.32 Å². The Labute approximate surface area is 118 Å². The Hall–Kier alpha value is -1.46. The Morgan fingerprint density at radius 2 is 1.84 bits per heavy atom. The number of rotatable bonds is 4. The zero-order chi connectivity index (χ0) is 13.8. The van der Waals surface area contributed by atoms with E-state index in [1.54, 1.807) is 12.1 Å². The van der Waals surface area contributed by atoms with Crippen LogP contribution in [0.15, 0.2) is 46.9 Å². The molecule has 19 heavy (non-hydrogen) atoms. The van der Waals surface area contributed by atoms with Crippen molar-refractivity contribution < 1.29 is 13.9 Å². The molecule has 0 radical (unpaired) electrons. The highest BCUT2D eigenvalue weighted by Crippen LogP contribution is 2.24. The Kier molecular flexibility index (Phi) is 4.50. The van der Waals surface area contributed by atoms with E-state index in [9.17, 15) is 13.9 Å². The Morgan fingerprint density at radius 3 is 2.58 bits per heavy atom. The van der Waals surface area contributed by atoms with E-state index >= 15 is 0 Å². The van der Waals surface area contributed by atoms with E-state index < -0.39 is 11.9 Å². The second kappa shape index (κ2) is 6.12. The fraction of sp³-hybridized carbons (Fsp3) is 0.143. The molecule has 0 aliphatic heterocycles. The fourth-order valence-electron chi connectivity index (χ4n) is 1.67. The summed E-state index contributed by atoms with van der Waals surface area (Å²) in [7, 11) is 0. The summed E-state index contributed by atoms with van der Waals surface area (Å²) in [6.45, 7) is 0.158. The standard InChI is InChI=1S/C14H12BrF2NO/c15-12-5-4-11(17)7-13(12)18-8-14(19)9-2-1-3-10(16)6-9/h1-7,14,18-19H,8H2. The minimum atomic E-state index is -0.870. The first-order valence-electron chi connectivity index (χ1n) is 5.69. The molecule has 2 aromatic rings. The maximum absolute atomic E-state index is 13.1. The van der Waals surface area contributed by atoms with Crippen LogP contribution in [0.2, 0.25) is 0 Å². The van der Waals surface area contributed by atoms with Crippen molar-refractivity contribution in [3.63, 3.8) is 0 Å². The van der Waals surface area contributed by atoms with Crippen molar-refractivity contribution in [2.24, 2.45) is 0 Å². The number of anilines is 1. The Balaban J connectivity index is 2.04. The van der Waals surface area contributed by atoms with E-state index in [4.69, 9.17) is 0 Å². The van der Waals surface area contributed by atoms with Crippen LogP contribution in [0.4, 0.5) is 14.5 Å². The van der Waals surface area contributed by atoms with Gasteiger partial charge >= 0.3 is 0 Å². The first-order chi connectivity index (χ1) is 9.06. The molecule has 2 aromatic carbocycles. The number of aliphatic hydroxyl groups is 1. The summed E-state index contributed by atoms with van der Waals surface area (Å²) in [6, 6.07) is 9.98. The maximum atomic E-state index is 13.1. The zero-order valence-electron chi connectivity index (χ0n) is 9.91. The van der Waals surface area contributed by atoms with Crippen molar-refractivity contribution in [2.75, 3.05) is 11.9 Å². The summed E-state index contributed by atoms with van der Waals surface area (Å²) in [5.41, 5.74) is 1.01. The van der Waals surface area contributed by atoms with E-state index in [0.29, 0.717) is 15.7 Å². The molecule has 0 heterocycles. The van der Waals surface area contributed by atoms with Gasteiger partial charge in [-0.2, -0.15) is 0 Å². The number of hydrogen-bond acceptors (Lipinski definition) is 2. The van der Waals surface area contributed by atoms with E-state index in [1.165, 1.54) is 30.3 Å². The average Bonchev–Trinajstić information content (AvgIpc) is 2.39. The van der Waals surface area contributed by atoms with E-state index in [2.05, 4.69) is 21.2 Å². The third kappa shape index (κ3) is 3.75. The smallest absolute Gasteiger partial charge is 0.125 e. The summed E-state index contributed by atoms with van der Waals surface area (Å²) < 4.78 is 26.8. The topological polar surface area (TPSA) is 32.3 Å². The Morgan fingerprint density at radius 1 is 1.11 bits per heavy atom. The third-order valence-corrected chi connectivity index (χ3v) is 3.34. The number of aliphatic hydroxyl groups excluding tert-OH is 1. The van der Waals surface area contributed by atoms with Crippen LogP contribution in [-0.4, -0.2) is 11.7 Å². The van der Waals surface area contributed by atoms with Crippen molar-refractivity contribution in [3.8, 4) is 0 Å².